The summed E-state index contributed by atoms with van der Waals surface area (Å²) in [7, 11) is 0. The van der Waals surface area contributed by atoms with Crippen molar-refractivity contribution in [3.63, 3.8) is 0 Å². The Hall–Kier alpha value is -2.20. The van der Waals surface area contributed by atoms with Gasteiger partial charge in [0.1, 0.15) is 0 Å². The lowest BCUT2D eigenvalue weighted by atomic mass is 9.94. The van der Waals surface area contributed by atoms with E-state index < -0.39 is 0 Å². The molecule has 1 aliphatic rings. The van der Waals surface area contributed by atoms with Gasteiger partial charge >= 0.3 is 0 Å². The number of allylic oxidation sites excluding steroid dienone is 2. The number of carbonyl (C=O) groups excluding carboxylic acids is 2. The van der Waals surface area contributed by atoms with Gasteiger partial charge < -0.3 is 11.1 Å². The molecular formula is C23H40N2O2. The Labute approximate surface area is 167 Å². The van der Waals surface area contributed by atoms with E-state index in [1.54, 1.807) is 0 Å². The predicted octanol–water partition coefficient (Wildman–Crippen LogP) is 4.45. The highest BCUT2D eigenvalue weighted by Crippen LogP contribution is 2.17. The number of rotatable bonds is 6. The van der Waals surface area contributed by atoms with E-state index >= 15 is 0 Å². The van der Waals surface area contributed by atoms with Crippen LogP contribution in [0.25, 0.3) is 0 Å². The summed E-state index contributed by atoms with van der Waals surface area (Å²) in [5.74, 6) is 0.132. The van der Waals surface area contributed by atoms with Crippen molar-refractivity contribution >= 4 is 11.8 Å². The highest BCUT2D eigenvalue weighted by molar-refractivity contribution is 5.76. The monoisotopic (exact) mass is 376 g/mol. The molecule has 0 aromatic carbocycles. The molecule has 1 heterocycles. The minimum absolute atomic E-state index is 0.0630. The van der Waals surface area contributed by atoms with Crippen LogP contribution in [0.1, 0.15) is 79.1 Å². The maximum absolute atomic E-state index is 11.0. The molecule has 4 heteroatoms. The maximum atomic E-state index is 11.0. The Morgan fingerprint density at radius 3 is 2.26 bits per heavy atom. The molecule has 27 heavy (non-hydrogen) atoms. The van der Waals surface area contributed by atoms with Gasteiger partial charge in [-0.2, -0.15) is 0 Å². The van der Waals surface area contributed by atoms with E-state index in [-0.39, 0.29) is 23.1 Å². The standard InChI is InChI=1S/C13H25NO.C6H11NO.2C2H2/c1-5-11(12(14)15)9-7-6-8-10-13(2,3)4;8-6-4-2-1-3-5-7-6;2*1-2/h8,10-11H,5-7,9H2,1-4H3,(H2,14,15);1-5H2,(H,7,8);2*1-2H/b10-8-;;;/t11-;;;/m1.../s1. The van der Waals surface area contributed by atoms with E-state index in [0.29, 0.717) is 0 Å². The minimum Gasteiger partial charge on any atom is -0.369 e. The summed E-state index contributed by atoms with van der Waals surface area (Å²) in [6.45, 7) is 9.45. The van der Waals surface area contributed by atoms with Crippen molar-refractivity contribution in [1.29, 1.82) is 0 Å². The minimum atomic E-state index is -0.155. The number of terminal acetylenes is 2. The van der Waals surface area contributed by atoms with Crippen LogP contribution in [0.4, 0.5) is 0 Å². The SMILES string of the molecule is C#C.C#C.CC[C@H](CCC/C=C\C(C)(C)C)C(N)=O.O=C1CCCCCN1. The third-order valence-corrected chi connectivity index (χ3v) is 3.84. The number of carbonyl (C=O) groups is 2. The quantitative estimate of drug-likeness (QED) is 0.408. The van der Waals surface area contributed by atoms with Crippen molar-refractivity contribution in [3.05, 3.63) is 12.2 Å². The van der Waals surface area contributed by atoms with Crippen LogP contribution < -0.4 is 11.1 Å². The molecule has 4 nitrogen and oxygen atoms in total. The number of hydrogen-bond donors (Lipinski definition) is 2. The summed E-state index contributed by atoms with van der Waals surface area (Å²) in [6.07, 6.45) is 28.5. The Morgan fingerprint density at radius 2 is 1.78 bits per heavy atom. The topological polar surface area (TPSA) is 72.2 Å². The van der Waals surface area contributed by atoms with Gasteiger partial charge in [-0.05, 0) is 43.9 Å². The number of amides is 2. The Balaban J connectivity index is -0.000000400. The van der Waals surface area contributed by atoms with Crippen molar-refractivity contribution in [2.45, 2.75) is 79.1 Å². The van der Waals surface area contributed by atoms with Crippen molar-refractivity contribution in [1.82, 2.24) is 5.32 Å². The normalized spacial score (nSPS) is 14.6. The first-order valence-electron chi connectivity index (χ1n) is 9.66. The average molecular weight is 377 g/mol. The van der Waals surface area contributed by atoms with Gasteiger partial charge in [-0.1, -0.05) is 46.3 Å². The fourth-order valence-corrected chi connectivity index (χ4v) is 2.37. The summed E-state index contributed by atoms with van der Waals surface area (Å²) in [5.41, 5.74) is 5.53. The van der Waals surface area contributed by atoms with Crippen LogP contribution in [0.5, 0.6) is 0 Å². The molecule has 1 rings (SSSR count). The second kappa shape index (κ2) is 20.1. The summed E-state index contributed by atoms with van der Waals surface area (Å²) >= 11 is 0. The van der Waals surface area contributed by atoms with Crippen LogP contribution in [-0.2, 0) is 9.59 Å². The van der Waals surface area contributed by atoms with E-state index in [1.165, 1.54) is 6.42 Å². The van der Waals surface area contributed by atoms with Crippen LogP contribution in [0.2, 0.25) is 0 Å². The number of nitrogens with two attached hydrogens (primary N) is 1. The molecule has 0 aliphatic carbocycles. The van der Waals surface area contributed by atoms with E-state index in [9.17, 15) is 9.59 Å². The molecule has 0 aromatic heterocycles. The van der Waals surface area contributed by atoms with Crippen molar-refractivity contribution in [3.8, 4) is 25.7 Å². The lowest BCUT2D eigenvalue weighted by Crippen LogP contribution is -2.22. The maximum Gasteiger partial charge on any atom is 0.220 e. The zero-order chi connectivity index (χ0) is 21.7. The Kier molecular flexibility index (Phi) is 22.0. The number of nitrogens with one attached hydrogen (secondary N) is 1. The Morgan fingerprint density at radius 1 is 1.19 bits per heavy atom. The van der Waals surface area contributed by atoms with Gasteiger partial charge in [0.25, 0.3) is 0 Å². The van der Waals surface area contributed by atoms with Gasteiger partial charge in [-0.25, -0.2) is 0 Å². The van der Waals surface area contributed by atoms with E-state index in [0.717, 1.165) is 51.5 Å². The van der Waals surface area contributed by atoms with Crippen LogP contribution in [-0.4, -0.2) is 18.4 Å². The molecule has 0 bridgehead atoms. The highest BCUT2D eigenvalue weighted by Gasteiger charge is 2.11. The average Bonchev–Trinajstić information content (AvgIpc) is 2.88. The Bertz CT molecular complexity index is 426. The first kappa shape index (κ1) is 29.6. The highest BCUT2D eigenvalue weighted by atomic mass is 16.2. The lowest BCUT2D eigenvalue weighted by Gasteiger charge is -2.12. The largest absolute Gasteiger partial charge is 0.369 e. The first-order chi connectivity index (χ1) is 12.8. The van der Waals surface area contributed by atoms with E-state index in [1.807, 2.05) is 6.92 Å². The number of unbranched alkanes of at least 4 members (excludes halogenated alkanes) is 1. The molecule has 1 atom stereocenters. The predicted molar refractivity (Wildman–Crippen MR) is 117 cm³/mol. The second-order valence-corrected chi connectivity index (χ2v) is 7.37. The number of primary amides is 1. The van der Waals surface area contributed by atoms with Crippen molar-refractivity contribution in [2.24, 2.45) is 17.1 Å². The van der Waals surface area contributed by atoms with Crippen LogP contribution in [0.3, 0.4) is 0 Å². The van der Waals surface area contributed by atoms with Gasteiger partial charge in [-0.15, -0.1) is 25.7 Å². The zero-order valence-corrected chi connectivity index (χ0v) is 17.8. The third-order valence-electron chi connectivity index (χ3n) is 3.84. The van der Waals surface area contributed by atoms with E-state index in [4.69, 9.17) is 5.73 Å². The van der Waals surface area contributed by atoms with Crippen molar-refractivity contribution < 1.29 is 9.59 Å². The molecule has 0 saturated carbocycles. The number of hydrogen-bond acceptors (Lipinski definition) is 2. The van der Waals surface area contributed by atoms with Crippen LogP contribution in [0.15, 0.2) is 12.2 Å². The molecule has 0 aromatic rings. The molecule has 1 aliphatic heterocycles. The molecule has 1 fully saturated rings. The first-order valence-corrected chi connectivity index (χ1v) is 9.66. The molecule has 0 radical (unpaired) electrons. The van der Waals surface area contributed by atoms with Gasteiger partial charge in [0.2, 0.25) is 11.8 Å². The molecule has 0 spiro atoms. The second-order valence-electron chi connectivity index (χ2n) is 7.37. The summed E-state index contributed by atoms with van der Waals surface area (Å²) < 4.78 is 0. The van der Waals surface area contributed by atoms with Gasteiger partial charge in [0, 0.05) is 18.9 Å². The van der Waals surface area contributed by atoms with E-state index in [2.05, 4.69) is 63.9 Å². The molecule has 3 N–H and O–H groups in total. The fourth-order valence-electron chi connectivity index (χ4n) is 2.37. The molecule has 0 unspecified atom stereocenters. The lowest BCUT2D eigenvalue weighted by molar-refractivity contribution is -0.122. The third kappa shape index (κ3) is 23.8. The summed E-state index contributed by atoms with van der Waals surface area (Å²) in [5, 5.41) is 2.81. The molecule has 1 saturated heterocycles. The smallest absolute Gasteiger partial charge is 0.220 e. The van der Waals surface area contributed by atoms with Crippen LogP contribution >= 0.6 is 0 Å². The van der Waals surface area contributed by atoms with Crippen molar-refractivity contribution in [2.75, 3.05) is 6.54 Å². The molecule has 2 amide bonds. The fraction of sp³-hybridized carbons (Fsp3) is 0.652. The van der Waals surface area contributed by atoms with Gasteiger partial charge in [-0.3, -0.25) is 9.59 Å². The van der Waals surface area contributed by atoms with Crippen LogP contribution in [0, 0.1) is 37.0 Å². The van der Waals surface area contributed by atoms with Gasteiger partial charge in [0.05, 0.1) is 0 Å². The molecular weight excluding hydrogens is 336 g/mol. The summed E-state index contributed by atoms with van der Waals surface area (Å²) in [4.78, 5) is 21.5. The zero-order valence-electron chi connectivity index (χ0n) is 17.8. The molecule has 154 valence electrons. The summed E-state index contributed by atoms with van der Waals surface area (Å²) in [6, 6.07) is 0. The van der Waals surface area contributed by atoms with Gasteiger partial charge in [0.15, 0.2) is 0 Å².